The van der Waals surface area contributed by atoms with E-state index in [0.717, 1.165) is 35.8 Å². The zero-order valence-corrected chi connectivity index (χ0v) is 12.8. The van der Waals surface area contributed by atoms with Crippen LogP contribution in [0.15, 0.2) is 28.7 Å². The van der Waals surface area contributed by atoms with Crippen LogP contribution >= 0.6 is 12.2 Å². The predicted molar refractivity (Wildman–Crippen MR) is 86.4 cm³/mol. The number of furan rings is 1. The third kappa shape index (κ3) is 2.65. The standard InChI is InChI=1S/C16H18N2O2S/c1-10-5-6-13-11(8-10)9-14(20-13)16(19)18-7-3-2-4-12(18)15(17)21/h5-6,8-9,12H,2-4,7H2,1H3,(H2,17,21). The Morgan fingerprint density at radius 1 is 1.38 bits per heavy atom. The number of hydrogen-bond donors (Lipinski definition) is 1. The molecule has 3 rings (SSSR count). The smallest absolute Gasteiger partial charge is 0.290 e. The van der Waals surface area contributed by atoms with Gasteiger partial charge in [-0.1, -0.05) is 23.8 Å². The molecule has 5 heteroatoms. The molecule has 21 heavy (non-hydrogen) atoms. The molecular weight excluding hydrogens is 284 g/mol. The first kappa shape index (κ1) is 14.1. The van der Waals surface area contributed by atoms with E-state index >= 15 is 0 Å². The van der Waals surface area contributed by atoms with Crippen LogP contribution in [-0.4, -0.2) is 28.4 Å². The van der Waals surface area contributed by atoms with Crippen molar-refractivity contribution in [1.82, 2.24) is 4.90 Å². The number of nitrogens with two attached hydrogens (primary N) is 1. The average molecular weight is 302 g/mol. The number of benzene rings is 1. The average Bonchev–Trinajstić information content (AvgIpc) is 2.89. The zero-order chi connectivity index (χ0) is 15.0. The molecule has 1 unspecified atom stereocenters. The summed E-state index contributed by atoms with van der Waals surface area (Å²) in [6.45, 7) is 2.69. The molecule has 0 spiro atoms. The summed E-state index contributed by atoms with van der Waals surface area (Å²) >= 11 is 5.10. The molecule has 0 aliphatic carbocycles. The van der Waals surface area contributed by atoms with Crippen molar-refractivity contribution >= 4 is 34.1 Å². The molecule has 1 atom stereocenters. The van der Waals surface area contributed by atoms with Gasteiger partial charge in [-0.3, -0.25) is 4.79 Å². The van der Waals surface area contributed by atoms with Crippen molar-refractivity contribution in [3.63, 3.8) is 0 Å². The van der Waals surface area contributed by atoms with Crippen LogP contribution in [0.3, 0.4) is 0 Å². The molecule has 0 saturated carbocycles. The van der Waals surface area contributed by atoms with Crippen molar-refractivity contribution in [3.05, 3.63) is 35.6 Å². The van der Waals surface area contributed by atoms with Gasteiger partial charge in [0.15, 0.2) is 5.76 Å². The van der Waals surface area contributed by atoms with Gasteiger partial charge >= 0.3 is 0 Å². The van der Waals surface area contributed by atoms with Gasteiger partial charge in [-0.2, -0.15) is 0 Å². The Morgan fingerprint density at radius 2 is 2.19 bits per heavy atom. The Bertz CT molecular complexity index is 707. The molecule has 1 aromatic carbocycles. The molecule has 2 N–H and O–H groups in total. The van der Waals surface area contributed by atoms with Crippen LogP contribution in [-0.2, 0) is 0 Å². The SMILES string of the molecule is Cc1ccc2oc(C(=O)N3CCCCC3C(N)=S)cc2c1. The number of hydrogen-bond acceptors (Lipinski definition) is 3. The van der Waals surface area contributed by atoms with Gasteiger partial charge in [-0.15, -0.1) is 0 Å². The Morgan fingerprint density at radius 3 is 2.95 bits per heavy atom. The van der Waals surface area contributed by atoms with Crippen LogP contribution in [0.2, 0.25) is 0 Å². The van der Waals surface area contributed by atoms with Crippen molar-refractivity contribution < 1.29 is 9.21 Å². The second-order valence-electron chi connectivity index (χ2n) is 5.56. The fraction of sp³-hybridized carbons (Fsp3) is 0.375. The molecule has 2 heterocycles. The fourth-order valence-electron chi connectivity index (χ4n) is 2.88. The quantitative estimate of drug-likeness (QED) is 0.866. The number of piperidine rings is 1. The van der Waals surface area contributed by atoms with E-state index < -0.39 is 0 Å². The van der Waals surface area contributed by atoms with Crippen molar-refractivity contribution in [3.8, 4) is 0 Å². The highest BCUT2D eigenvalue weighted by Gasteiger charge is 2.30. The highest BCUT2D eigenvalue weighted by atomic mass is 32.1. The highest BCUT2D eigenvalue weighted by molar-refractivity contribution is 7.80. The largest absolute Gasteiger partial charge is 0.451 e. The Hall–Kier alpha value is -1.88. The lowest BCUT2D eigenvalue weighted by molar-refractivity contribution is 0.0651. The molecule has 110 valence electrons. The Balaban J connectivity index is 1.93. The first-order valence-corrected chi connectivity index (χ1v) is 7.57. The van der Waals surface area contributed by atoms with Crippen LogP contribution in [0.4, 0.5) is 0 Å². The van der Waals surface area contributed by atoms with E-state index in [9.17, 15) is 4.79 Å². The lowest BCUT2D eigenvalue weighted by Crippen LogP contribution is -2.49. The maximum atomic E-state index is 12.7. The molecule has 0 radical (unpaired) electrons. The second kappa shape index (κ2) is 5.48. The Kier molecular flexibility index (Phi) is 3.68. The van der Waals surface area contributed by atoms with Gasteiger partial charge in [-0.25, -0.2) is 0 Å². The number of carbonyl (C=O) groups is 1. The summed E-state index contributed by atoms with van der Waals surface area (Å²) in [4.78, 5) is 14.8. The molecule has 1 aliphatic rings. The van der Waals surface area contributed by atoms with Gasteiger partial charge in [0.25, 0.3) is 5.91 Å². The number of thiocarbonyl (C=S) groups is 1. The normalized spacial score (nSPS) is 18.9. The summed E-state index contributed by atoms with van der Waals surface area (Å²) in [6, 6.07) is 7.52. The first-order chi connectivity index (χ1) is 10.1. The van der Waals surface area contributed by atoms with Gasteiger partial charge in [0.1, 0.15) is 5.58 Å². The van der Waals surface area contributed by atoms with E-state index in [1.54, 1.807) is 11.0 Å². The molecule has 1 aliphatic heterocycles. The van der Waals surface area contributed by atoms with Crippen LogP contribution < -0.4 is 5.73 Å². The molecular formula is C16H18N2O2S. The summed E-state index contributed by atoms with van der Waals surface area (Å²) in [6.07, 6.45) is 2.86. The molecule has 1 saturated heterocycles. The van der Waals surface area contributed by atoms with Gasteiger partial charge < -0.3 is 15.1 Å². The molecule has 1 aromatic heterocycles. The van der Waals surface area contributed by atoms with E-state index in [4.69, 9.17) is 22.4 Å². The first-order valence-electron chi connectivity index (χ1n) is 7.17. The van der Waals surface area contributed by atoms with Gasteiger partial charge in [0.05, 0.1) is 11.0 Å². The maximum absolute atomic E-state index is 12.7. The summed E-state index contributed by atoms with van der Waals surface area (Å²) in [5.41, 5.74) is 7.64. The summed E-state index contributed by atoms with van der Waals surface area (Å²) in [7, 11) is 0. The molecule has 1 fully saturated rings. The molecule has 4 nitrogen and oxygen atoms in total. The van der Waals surface area contributed by atoms with Gasteiger partial charge in [0, 0.05) is 11.9 Å². The van der Waals surface area contributed by atoms with Crippen molar-refractivity contribution in [2.45, 2.75) is 32.2 Å². The third-order valence-corrected chi connectivity index (χ3v) is 4.25. The number of fused-ring (bicyclic) bond motifs is 1. The van der Waals surface area contributed by atoms with Gasteiger partial charge in [-0.05, 0) is 44.4 Å². The monoisotopic (exact) mass is 302 g/mol. The number of likely N-dealkylation sites (tertiary alicyclic amines) is 1. The van der Waals surface area contributed by atoms with Crippen molar-refractivity contribution in [2.24, 2.45) is 5.73 Å². The fourth-order valence-corrected chi connectivity index (χ4v) is 3.13. The van der Waals surface area contributed by atoms with E-state index in [0.29, 0.717) is 17.3 Å². The summed E-state index contributed by atoms with van der Waals surface area (Å²) < 4.78 is 5.69. The molecule has 1 amide bonds. The minimum atomic E-state index is -0.156. The third-order valence-electron chi connectivity index (χ3n) is 3.97. The minimum absolute atomic E-state index is 0.124. The van der Waals surface area contributed by atoms with Crippen molar-refractivity contribution in [2.75, 3.05) is 6.54 Å². The lowest BCUT2D eigenvalue weighted by atomic mass is 10.0. The summed E-state index contributed by atoms with van der Waals surface area (Å²) in [5.74, 6) is 0.236. The lowest BCUT2D eigenvalue weighted by Gasteiger charge is -2.34. The van der Waals surface area contributed by atoms with Gasteiger partial charge in [0.2, 0.25) is 0 Å². The van der Waals surface area contributed by atoms with E-state index in [-0.39, 0.29) is 11.9 Å². The van der Waals surface area contributed by atoms with Crippen molar-refractivity contribution in [1.29, 1.82) is 0 Å². The topological polar surface area (TPSA) is 59.5 Å². The molecule has 0 bridgehead atoms. The highest BCUT2D eigenvalue weighted by Crippen LogP contribution is 2.25. The van der Waals surface area contributed by atoms with Crippen LogP contribution in [0, 0.1) is 6.92 Å². The second-order valence-corrected chi connectivity index (χ2v) is 6.04. The zero-order valence-electron chi connectivity index (χ0n) is 12.0. The molecule has 2 aromatic rings. The summed E-state index contributed by atoms with van der Waals surface area (Å²) in [5, 5.41) is 0.947. The van der Waals surface area contributed by atoms with E-state index in [2.05, 4.69) is 0 Å². The number of carbonyl (C=O) groups excluding carboxylic acids is 1. The number of amides is 1. The number of aryl methyl sites for hydroxylation is 1. The number of nitrogens with zero attached hydrogens (tertiary/aromatic N) is 1. The Labute approximate surface area is 128 Å². The van der Waals surface area contributed by atoms with Crippen LogP contribution in [0.25, 0.3) is 11.0 Å². The predicted octanol–water partition coefficient (Wildman–Crippen LogP) is 3.02. The van der Waals surface area contributed by atoms with E-state index in [1.165, 1.54) is 0 Å². The van der Waals surface area contributed by atoms with Crippen LogP contribution in [0.1, 0.15) is 35.4 Å². The van der Waals surface area contributed by atoms with Crippen LogP contribution in [0.5, 0.6) is 0 Å². The maximum Gasteiger partial charge on any atom is 0.290 e. The minimum Gasteiger partial charge on any atom is -0.451 e. The number of rotatable bonds is 2. The van der Waals surface area contributed by atoms with E-state index in [1.807, 2.05) is 25.1 Å².